The molecular weight excluding hydrogens is 318 g/mol. The Bertz CT molecular complexity index is 439. The smallest absolute Gasteiger partial charge is 0.413 e. The van der Waals surface area contributed by atoms with Gasteiger partial charge in [-0.3, -0.25) is 20.3 Å². The third kappa shape index (κ3) is 10.4. The van der Waals surface area contributed by atoms with E-state index in [1.54, 1.807) is 13.8 Å². The van der Waals surface area contributed by atoms with Gasteiger partial charge in [0.2, 0.25) is 5.96 Å². The molecule has 0 aromatic rings. The van der Waals surface area contributed by atoms with Crippen molar-refractivity contribution < 1.29 is 28.6 Å². The number of ether oxygens (including phenoxy) is 3. The van der Waals surface area contributed by atoms with Crippen molar-refractivity contribution in [1.29, 1.82) is 5.41 Å². The van der Waals surface area contributed by atoms with Crippen LogP contribution in [-0.4, -0.2) is 62.3 Å². The lowest BCUT2D eigenvalue weighted by molar-refractivity contribution is -0.147. The van der Waals surface area contributed by atoms with E-state index in [4.69, 9.17) is 19.6 Å². The van der Waals surface area contributed by atoms with E-state index in [-0.39, 0.29) is 37.6 Å². The summed E-state index contributed by atoms with van der Waals surface area (Å²) in [6, 6.07) is 0. The second-order valence-corrected chi connectivity index (χ2v) is 5.36. The van der Waals surface area contributed by atoms with E-state index in [2.05, 4.69) is 5.32 Å². The molecule has 0 radical (unpaired) electrons. The fourth-order valence-corrected chi connectivity index (χ4v) is 1.33. The normalized spacial score (nSPS) is 10.0. The average Bonchev–Trinajstić information content (AvgIpc) is 2.51. The number of nitrogens with zero attached hydrogens (tertiary/aromatic N) is 1. The SMILES string of the molecule is CCCOC(=O)CN(C)C(=N)NC(=O)OCCCOC(=O)C(C)C. The number of esters is 2. The van der Waals surface area contributed by atoms with Gasteiger partial charge in [0.25, 0.3) is 0 Å². The molecule has 0 aliphatic carbocycles. The molecule has 0 heterocycles. The topological polar surface area (TPSA) is 118 Å². The summed E-state index contributed by atoms with van der Waals surface area (Å²) >= 11 is 0. The maximum Gasteiger partial charge on any atom is 0.413 e. The highest BCUT2D eigenvalue weighted by molar-refractivity contribution is 5.93. The van der Waals surface area contributed by atoms with Crippen molar-refractivity contribution in [3.8, 4) is 0 Å². The Balaban J connectivity index is 3.87. The predicted octanol–water partition coefficient (Wildman–Crippen LogP) is 1.12. The summed E-state index contributed by atoms with van der Waals surface area (Å²) in [7, 11) is 1.47. The van der Waals surface area contributed by atoms with Crippen LogP contribution in [0.5, 0.6) is 0 Å². The molecule has 0 fully saturated rings. The van der Waals surface area contributed by atoms with E-state index in [1.807, 2.05) is 6.92 Å². The maximum atomic E-state index is 11.5. The number of carbonyl (C=O) groups is 3. The van der Waals surface area contributed by atoms with Gasteiger partial charge in [-0.1, -0.05) is 20.8 Å². The Hall–Kier alpha value is -2.32. The van der Waals surface area contributed by atoms with Crippen molar-refractivity contribution in [2.45, 2.75) is 33.6 Å². The monoisotopic (exact) mass is 345 g/mol. The van der Waals surface area contributed by atoms with Gasteiger partial charge < -0.3 is 19.1 Å². The highest BCUT2D eigenvalue weighted by Crippen LogP contribution is 1.97. The molecule has 0 aromatic heterocycles. The Morgan fingerprint density at radius 2 is 1.71 bits per heavy atom. The van der Waals surface area contributed by atoms with Crippen LogP contribution in [0, 0.1) is 11.3 Å². The molecule has 0 unspecified atom stereocenters. The minimum atomic E-state index is -0.816. The quantitative estimate of drug-likeness (QED) is 0.211. The lowest BCUT2D eigenvalue weighted by Crippen LogP contribution is -2.44. The first-order valence-corrected chi connectivity index (χ1v) is 7.83. The Kier molecular flexibility index (Phi) is 11.0. The fourth-order valence-electron chi connectivity index (χ4n) is 1.33. The van der Waals surface area contributed by atoms with Crippen molar-refractivity contribution in [3.63, 3.8) is 0 Å². The van der Waals surface area contributed by atoms with E-state index in [1.165, 1.54) is 11.9 Å². The number of rotatable bonds is 9. The summed E-state index contributed by atoms with van der Waals surface area (Å²) < 4.78 is 14.7. The summed E-state index contributed by atoms with van der Waals surface area (Å²) in [5, 5.41) is 9.84. The van der Waals surface area contributed by atoms with Crippen molar-refractivity contribution in [1.82, 2.24) is 10.2 Å². The van der Waals surface area contributed by atoms with Crippen LogP contribution in [-0.2, 0) is 23.8 Å². The number of alkyl carbamates (subject to hydrolysis) is 1. The van der Waals surface area contributed by atoms with E-state index >= 15 is 0 Å². The zero-order valence-corrected chi connectivity index (χ0v) is 14.7. The molecule has 0 saturated carbocycles. The number of guanidine groups is 1. The molecule has 0 bridgehead atoms. The van der Waals surface area contributed by atoms with Gasteiger partial charge in [0.05, 0.1) is 25.7 Å². The number of carbonyl (C=O) groups excluding carboxylic acids is 3. The molecule has 9 nitrogen and oxygen atoms in total. The van der Waals surface area contributed by atoms with Crippen molar-refractivity contribution in [2.75, 3.05) is 33.4 Å². The number of hydrogen-bond acceptors (Lipinski definition) is 7. The zero-order valence-electron chi connectivity index (χ0n) is 14.7. The lowest BCUT2D eigenvalue weighted by Gasteiger charge is -2.19. The molecule has 0 aliphatic rings. The summed E-state index contributed by atoms with van der Waals surface area (Å²) in [6.07, 6.45) is 0.256. The van der Waals surface area contributed by atoms with E-state index < -0.39 is 12.1 Å². The number of amides is 1. The number of likely N-dealkylation sites (N-methyl/N-ethyl adjacent to an activating group) is 1. The number of hydrogen-bond donors (Lipinski definition) is 2. The minimum Gasteiger partial charge on any atom is -0.465 e. The van der Waals surface area contributed by atoms with Gasteiger partial charge in [-0.05, 0) is 6.42 Å². The minimum absolute atomic E-state index is 0.0484. The summed E-state index contributed by atoms with van der Waals surface area (Å²) in [4.78, 5) is 35.3. The van der Waals surface area contributed by atoms with Crippen LogP contribution in [0.4, 0.5) is 4.79 Å². The van der Waals surface area contributed by atoms with Crippen LogP contribution in [0.25, 0.3) is 0 Å². The van der Waals surface area contributed by atoms with Gasteiger partial charge in [-0.15, -0.1) is 0 Å². The van der Waals surface area contributed by atoms with Gasteiger partial charge in [0.1, 0.15) is 6.54 Å². The van der Waals surface area contributed by atoms with Gasteiger partial charge in [-0.2, -0.15) is 0 Å². The second kappa shape index (κ2) is 12.1. The van der Waals surface area contributed by atoms with Crippen LogP contribution < -0.4 is 5.32 Å². The van der Waals surface area contributed by atoms with Crippen molar-refractivity contribution in [2.24, 2.45) is 5.92 Å². The Morgan fingerprint density at radius 1 is 1.08 bits per heavy atom. The molecule has 138 valence electrons. The third-order valence-corrected chi connectivity index (χ3v) is 2.67. The highest BCUT2D eigenvalue weighted by atomic mass is 16.6. The van der Waals surface area contributed by atoms with E-state index in [0.717, 1.165) is 0 Å². The standard InChI is InChI=1S/C15H27N3O6/c1-5-7-22-12(19)10-18(4)14(16)17-15(21)24-9-6-8-23-13(20)11(2)3/h11H,5-10H2,1-4H3,(H2,16,17,21). The first-order chi connectivity index (χ1) is 11.3. The van der Waals surface area contributed by atoms with Gasteiger partial charge >= 0.3 is 18.0 Å². The maximum absolute atomic E-state index is 11.5. The number of nitrogens with one attached hydrogen (secondary N) is 2. The van der Waals surface area contributed by atoms with E-state index in [9.17, 15) is 14.4 Å². The summed E-state index contributed by atoms with van der Waals surface area (Å²) in [6.45, 7) is 5.71. The fraction of sp³-hybridized carbons (Fsp3) is 0.733. The van der Waals surface area contributed by atoms with Gasteiger partial charge in [-0.25, -0.2) is 4.79 Å². The summed E-state index contributed by atoms with van der Waals surface area (Å²) in [5.41, 5.74) is 0. The second-order valence-electron chi connectivity index (χ2n) is 5.36. The molecule has 0 aliphatic heterocycles. The lowest BCUT2D eigenvalue weighted by atomic mass is 10.2. The van der Waals surface area contributed by atoms with E-state index in [0.29, 0.717) is 19.4 Å². The van der Waals surface area contributed by atoms with Crippen LogP contribution in [0.1, 0.15) is 33.6 Å². The molecule has 0 saturated heterocycles. The molecule has 0 spiro atoms. The van der Waals surface area contributed by atoms with Crippen LogP contribution in [0.3, 0.4) is 0 Å². The largest absolute Gasteiger partial charge is 0.465 e. The molecule has 9 heteroatoms. The van der Waals surface area contributed by atoms with Gasteiger partial charge in [0.15, 0.2) is 0 Å². The molecular formula is C15H27N3O6. The molecule has 1 amide bonds. The predicted molar refractivity (Wildman–Crippen MR) is 86.5 cm³/mol. The molecule has 24 heavy (non-hydrogen) atoms. The average molecular weight is 345 g/mol. The molecule has 2 N–H and O–H groups in total. The molecule has 0 aromatic carbocycles. The molecule has 0 rings (SSSR count). The third-order valence-electron chi connectivity index (χ3n) is 2.67. The van der Waals surface area contributed by atoms with Crippen molar-refractivity contribution in [3.05, 3.63) is 0 Å². The Morgan fingerprint density at radius 3 is 2.29 bits per heavy atom. The zero-order chi connectivity index (χ0) is 18.5. The first kappa shape index (κ1) is 21.7. The van der Waals surface area contributed by atoms with Crippen LogP contribution in [0.15, 0.2) is 0 Å². The van der Waals surface area contributed by atoms with Crippen LogP contribution >= 0.6 is 0 Å². The van der Waals surface area contributed by atoms with Crippen LogP contribution in [0.2, 0.25) is 0 Å². The first-order valence-electron chi connectivity index (χ1n) is 7.83. The Labute approximate surface area is 142 Å². The molecule has 0 atom stereocenters. The van der Waals surface area contributed by atoms with Crippen molar-refractivity contribution >= 4 is 24.0 Å². The highest BCUT2D eigenvalue weighted by Gasteiger charge is 2.14. The van der Waals surface area contributed by atoms with Gasteiger partial charge in [0, 0.05) is 13.5 Å². The summed E-state index contributed by atoms with van der Waals surface area (Å²) in [5.74, 6) is -1.27.